The molecule has 0 aromatic carbocycles. The van der Waals surface area contributed by atoms with Crippen molar-refractivity contribution in [3.63, 3.8) is 0 Å². The molecule has 0 radical (unpaired) electrons. The van der Waals surface area contributed by atoms with Crippen LogP contribution in [0, 0.1) is 22.2 Å². The van der Waals surface area contributed by atoms with Crippen LogP contribution in [0.1, 0.15) is 57.8 Å². The molecule has 3 rings (SSSR count). The summed E-state index contributed by atoms with van der Waals surface area (Å²) in [6.45, 7) is 2.78. The fourth-order valence-corrected chi connectivity index (χ4v) is 4.38. The van der Waals surface area contributed by atoms with Crippen molar-refractivity contribution >= 4 is 5.91 Å². The van der Waals surface area contributed by atoms with Gasteiger partial charge >= 0.3 is 0 Å². The van der Waals surface area contributed by atoms with Gasteiger partial charge < -0.3 is 9.64 Å². The molecule has 0 unspecified atom stereocenters. The molecule has 1 aliphatic carbocycles. The second-order valence-corrected chi connectivity index (χ2v) is 7.16. The zero-order valence-electron chi connectivity index (χ0n) is 12.9. The molecule has 3 fully saturated rings. The lowest BCUT2D eigenvalue weighted by molar-refractivity contribution is -0.146. The van der Waals surface area contributed by atoms with E-state index in [0.29, 0.717) is 31.5 Å². The van der Waals surface area contributed by atoms with Crippen LogP contribution in [0.25, 0.3) is 0 Å². The fraction of sp³-hybridized carbons (Fsp3) is 0.882. The predicted molar refractivity (Wildman–Crippen MR) is 79.4 cm³/mol. The topological polar surface area (TPSA) is 53.3 Å². The third-order valence-corrected chi connectivity index (χ3v) is 6.00. The van der Waals surface area contributed by atoms with Crippen molar-refractivity contribution in [3.05, 3.63) is 0 Å². The Labute approximate surface area is 127 Å². The van der Waals surface area contributed by atoms with Gasteiger partial charge in [-0.3, -0.25) is 4.79 Å². The molecule has 0 atom stereocenters. The Morgan fingerprint density at radius 1 is 0.952 bits per heavy atom. The molecule has 1 saturated carbocycles. The first-order valence-corrected chi connectivity index (χ1v) is 8.48. The Morgan fingerprint density at radius 2 is 1.57 bits per heavy atom. The van der Waals surface area contributed by atoms with Crippen LogP contribution in [0.3, 0.4) is 0 Å². The number of rotatable bonds is 1. The van der Waals surface area contributed by atoms with Gasteiger partial charge in [0.15, 0.2) is 0 Å². The summed E-state index contributed by atoms with van der Waals surface area (Å²) in [5.41, 5.74) is -0.306. The number of amides is 1. The maximum atomic E-state index is 12.8. The van der Waals surface area contributed by atoms with Gasteiger partial charge in [-0.25, -0.2) is 0 Å². The van der Waals surface area contributed by atoms with E-state index >= 15 is 0 Å². The average molecular weight is 290 g/mol. The van der Waals surface area contributed by atoms with E-state index in [0.717, 1.165) is 25.9 Å². The van der Waals surface area contributed by atoms with Gasteiger partial charge in [-0.1, -0.05) is 19.3 Å². The summed E-state index contributed by atoms with van der Waals surface area (Å²) in [7, 11) is 0. The molecule has 0 bridgehead atoms. The average Bonchev–Trinajstić information content (AvgIpc) is 2.56. The Hall–Kier alpha value is -1.08. The summed E-state index contributed by atoms with van der Waals surface area (Å²) < 4.78 is 5.33. The molecule has 116 valence electrons. The maximum absolute atomic E-state index is 12.8. The Balaban J connectivity index is 1.63. The first-order chi connectivity index (χ1) is 10.2. The van der Waals surface area contributed by atoms with Crippen molar-refractivity contribution in [1.29, 1.82) is 5.26 Å². The number of ether oxygens (including phenoxy) is 1. The van der Waals surface area contributed by atoms with Crippen LogP contribution >= 0.6 is 0 Å². The summed E-state index contributed by atoms with van der Waals surface area (Å²) in [5.74, 6) is 0.0685. The third kappa shape index (κ3) is 2.81. The molecule has 4 nitrogen and oxygen atoms in total. The van der Waals surface area contributed by atoms with E-state index in [2.05, 4.69) is 6.07 Å². The lowest BCUT2D eigenvalue weighted by Gasteiger charge is -2.46. The van der Waals surface area contributed by atoms with Crippen LogP contribution in [-0.2, 0) is 9.53 Å². The summed E-state index contributed by atoms with van der Waals surface area (Å²) in [4.78, 5) is 14.8. The SMILES string of the molecule is N#CC1(C(=O)N2CCC3(CCCCC3)CC2)CCOCC1. The number of nitrogens with zero attached hydrogens (tertiary/aromatic N) is 2. The van der Waals surface area contributed by atoms with Crippen LogP contribution in [-0.4, -0.2) is 37.1 Å². The van der Waals surface area contributed by atoms with Gasteiger partial charge in [-0.05, 0) is 43.9 Å². The van der Waals surface area contributed by atoms with Gasteiger partial charge in [0.1, 0.15) is 5.41 Å². The van der Waals surface area contributed by atoms with Crippen molar-refractivity contribution in [1.82, 2.24) is 4.90 Å². The van der Waals surface area contributed by atoms with E-state index in [9.17, 15) is 10.1 Å². The molecule has 1 spiro atoms. The molecular formula is C17H26N2O2. The maximum Gasteiger partial charge on any atom is 0.243 e. The van der Waals surface area contributed by atoms with Gasteiger partial charge in [0.2, 0.25) is 5.91 Å². The van der Waals surface area contributed by atoms with Gasteiger partial charge in [-0.15, -0.1) is 0 Å². The van der Waals surface area contributed by atoms with Crippen molar-refractivity contribution < 1.29 is 9.53 Å². The number of nitriles is 1. The minimum atomic E-state index is -0.810. The Morgan fingerprint density at radius 3 is 2.14 bits per heavy atom. The minimum absolute atomic E-state index is 0.0685. The molecule has 1 amide bonds. The number of carbonyl (C=O) groups excluding carboxylic acids is 1. The van der Waals surface area contributed by atoms with Gasteiger partial charge in [-0.2, -0.15) is 5.26 Å². The van der Waals surface area contributed by atoms with Crippen LogP contribution in [0.5, 0.6) is 0 Å². The van der Waals surface area contributed by atoms with E-state index in [4.69, 9.17) is 4.74 Å². The summed E-state index contributed by atoms with van der Waals surface area (Å²) in [5, 5.41) is 9.53. The summed E-state index contributed by atoms with van der Waals surface area (Å²) in [6, 6.07) is 2.31. The van der Waals surface area contributed by atoms with Crippen LogP contribution < -0.4 is 0 Å². The summed E-state index contributed by atoms with van der Waals surface area (Å²) in [6.07, 6.45) is 10.2. The van der Waals surface area contributed by atoms with E-state index < -0.39 is 5.41 Å². The molecule has 3 aliphatic rings. The number of hydrogen-bond acceptors (Lipinski definition) is 3. The molecule has 2 heterocycles. The highest BCUT2D eigenvalue weighted by atomic mass is 16.5. The Kier molecular flexibility index (Phi) is 4.21. The number of carbonyl (C=O) groups is 1. The first-order valence-electron chi connectivity index (χ1n) is 8.48. The minimum Gasteiger partial charge on any atom is -0.381 e. The highest BCUT2D eigenvalue weighted by Gasteiger charge is 2.45. The zero-order chi connectivity index (χ0) is 14.8. The molecule has 0 N–H and O–H groups in total. The molecule has 2 aliphatic heterocycles. The van der Waals surface area contributed by atoms with Crippen molar-refractivity contribution in [3.8, 4) is 6.07 Å². The van der Waals surface area contributed by atoms with Crippen LogP contribution in [0.4, 0.5) is 0 Å². The van der Waals surface area contributed by atoms with Crippen molar-refractivity contribution in [2.24, 2.45) is 10.8 Å². The van der Waals surface area contributed by atoms with E-state index in [1.54, 1.807) is 0 Å². The lowest BCUT2D eigenvalue weighted by Crippen LogP contribution is -2.51. The van der Waals surface area contributed by atoms with E-state index in [1.165, 1.54) is 32.1 Å². The first kappa shape index (κ1) is 14.8. The van der Waals surface area contributed by atoms with Crippen molar-refractivity contribution in [2.45, 2.75) is 57.8 Å². The summed E-state index contributed by atoms with van der Waals surface area (Å²) >= 11 is 0. The molecule has 21 heavy (non-hydrogen) atoms. The number of likely N-dealkylation sites (tertiary alicyclic amines) is 1. The normalized spacial score (nSPS) is 28.0. The lowest BCUT2D eigenvalue weighted by atomic mass is 9.68. The van der Waals surface area contributed by atoms with Crippen LogP contribution in [0.2, 0.25) is 0 Å². The van der Waals surface area contributed by atoms with Crippen LogP contribution in [0.15, 0.2) is 0 Å². The molecular weight excluding hydrogens is 264 g/mol. The largest absolute Gasteiger partial charge is 0.381 e. The molecule has 0 aromatic rings. The van der Waals surface area contributed by atoms with Crippen molar-refractivity contribution in [2.75, 3.05) is 26.3 Å². The van der Waals surface area contributed by atoms with E-state index in [1.807, 2.05) is 4.90 Å². The third-order valence-electron chi connectivity index (χ3n) is 6.00. The molecule has 0 aromatic heterocycles. The molecule has 2 saturated heterocycles. The smallest absolute Gasteiger partial charge is 0.243 e. The molecule has 4 heteroatoms. The van der Waals surface area contributed by atoms with Gasteiger partial charge in [0, 0.05) is 26.3 Å². The fourth-order valence-electron chi connectivity index (χ4n) is 4.38. The number of hydrogen-bond donors (Lipinski definition) is 0. The quantitative estimate of drug-likeness (QED) is 0.746. The highest BCUT2D eigenvalue weighted by Crippen LogP contribution is 2.45. The second kappa shape index (κ2) is 5.96. The zero-order valence-corrected chi connectivity index (χ0v) is 12.9. The van der Waals surface area contributed by atoms with E-state index in [-0.39, 0.29) is 5.91 Å². The monoisotopic (exact) mass is 290 g/mol. The predicted octanol–water partition coefficient (Wildman–Crippen LogP) is 2.88. The van der Waals surface area contributed by atoms with Gasteiger partial charge in [0.05, 0.1) is 6.07 Å². The van der Waals surface area contributed by atoms with Gasteiger partial charge in [0.25, 0.3) is 0 Å². The number of piperidine rings is 1. The standard InChI is InChI=1S/C17H26N2O2/c18-14-17(8-12-21-13-9-17)15(20)19-10-6-16(7-11-19)4-2-1-3-5-16/h1-13H2. The highest BCUT2D eigenvalue weighted by molar-refractivity contribution is 5.85. The Bertz CT molecular complexity index is 419. The second-order valence-electron chi connectivity index (χ2n) is 7.16.